The summed E-state index contributed by atoms with van der Waals surface area (Å²) in [6.45, 7) is 4.91. The van der Waals surface area contributed by atoms with Crippen LogP contribution in [0.1, 0.15) is 63.5 Å². The lowest BCUT2D eigenvalue weighted by molar-refractivity contribution is -0.119. The van der Waals surface area contributed by atoms with Crippen LogP contribution >= 0.6 is 11.3 Å². The van der Waals surface area contributed by atoms with Gasteiger partial charge in [0.25, 0.3) is 5.91 Å². The van der Waals surface area contributed by atoms with E-state index in [1.807, 2.05) is 5.38 Å². The van der Waals surface area contributed by atoms with Crippen LogP contribution in [-0.4, -0.2) is 31.1 Å². The smallest absolute Gasteiger partial charge is 0.342 e. The number of nitrogens with one attached hydrogen (secondary N) is 1. The molecule has 144 valence electrons. The lowest BCUT2D eigenvalue weighted by Gasteiger charge is -2.08. The van der Waals surface area contributed by atoms with E-state index in [-0.39, 0.29) is 6.61 Å². The minimum Gasteiger partial charge on any atom is -0.466 e. The predicted octanol–water partition coefficient (Wildman–Crippen LogP) is 3.81. The van der Waals surface area contributed by atoms with Gasteiger partial charge in [-0.2, -0.15) is 0 Å². The fourth-order valence-electron chi connectivity index (χ4n) is 2.78. The first-order valence-electron chi connectivity index (χ1n) is 8.73. The number of hydrogen-bond acceptors (Lipinski definition) is 7. The molecule has 2 aromatic rings. The molecule has 2 aromatic heterocycles. The van der Waals surface area contributed by atoms with Crippen LogP contribution in [0.25, 0.3) is 0 Å². The highest BCUT2D eigenvalue weighted by Crippen LogP contribution is 2.46. The predicted molar refractivity (Wildman–Crippen MR) is 99.3 cm³/mol. The molecule has 0 atom stereocenters. The van der Waals surface area contributed by atoms with Gasteiger partial charge in [0.15, 0.2) is 6.61 Å². The first kappa shape index (κ1) is 19.2. The molecule has 1 N–H and O–H groups in total. The van der Waals surface area contributed by atoms with E-state index in [0.29, 0.717) is 33.6 Å². The van der Waals surface area contributed by atoms with Crippen LogP contribution in [0.3, 0.4) is 0 Å². The Morgan fingerprint density at radius 1 is 1.22 bits per heavy atom. The molecule has 8 heteroatoms. The third kappa shape index (κ3) is 4.39. The van der Waals surface area contributed by atoms with Gasteiger partial charge in [-0.1, -0.05) is 0 Å². The number of carbonyl (C=O) groups excluding carboxylic acids is 3. The third-order valence-corrected chi connectivity index (χ3v) is 5.08. The summed E-state index contributed by atoms with van der Waals surface area (Å²) in [7, 11) is 0. The van der Waals surface area contributed by atoms with Crippen molar-refractivity contribution in [3.8, 4) is 0 Å². The topological polar surface area (TPSA) is 94.8 Å². The normalized spacial score (nSPS) is 13.3. The van der Waals surface area contributed by atoms with Crippen molar-refractivity contribution in [2.45, 2.75) is 39.5 Å². The number of carbonyl (C=O) groups is 3. The molecule has 1 aliphatic rings. The Hall–Kier alpha value is -2.61. The van der Waals surface area contributed by atoms with E-state index in [1.54, 1.807) is 26.8 Å². The number of aryl methyl sites for hydroxylation is 2. The fraction of sp³-hybridized carbons (Fsp3) is 0.421. The van der Waals surface area contributed by atoms with Gasteiger partial charge in [0.2, 0.25) is 0 Å². The molecule has 1 fully saturated rings. The second-order valence-corrected chi connectivity index (χ2v) is 7.22. The molecule has 0 radical (unpaired) electrons. The second kappa shape index (κ2) is 7.96. The molecule has 0 aromatic carbocycles. The summed E-state index contributed by atoms with van der Waals surface area (Å²) in [6.07, 6.45) is 2.05. The number of furan rings is 1. The summed E-state index contributed by atoms with van der Waals surface area (Å²) < 4.78 is 15.5. The summed E-state index contributed by atoms with van der Waals surface area (Å²) in [6, 6.07) is 1.57. The van der Waals surface area contributed by atoms with Gasteiger partial charge in [0, 0.05) is 0 Å². The van der Waals surface area contributed by atoms with Crippen molar-refractivity contribution in [1.29, 1.82) is 0 Å². The van der Waals surface area contributed by atoms with E-state index in [2.05, 4.69) is 5.32 Å². The number of anilines is 1. The van der Waals surface area contributed by atoms with Crippen molar-refractivity contribution in [2.75, 3.05) is 18.5 Å². The van der Waals surface area contributed by atoms with Gasteiger partial charge in [0.1, 0.15) is 22.1 Å². The van der Waals surface area contributed by atoms with Gasteiger partial charge in [0.05, 0.1) is 12.2 Å². The van der Waals surface area contributed by atoms with Crippen LogP contribution in [0.4, 0.5) is 5.00 Å². The summed E-state index contributed by atoms with van der Waals surface area (Å²) in [5.74, 6) is -0.219. The van der Waals surface area contributed by atoms with Crippen LogP contribution in [-0.2, 0) is 14.3 Å². The molecular weight excluding hydrogens is 370 g/mol. The van der Waals surface area contributed by atoms with Crippen LogP contribution in [0.5, 0.6) is 0 Å². The maximum absolute atomic E-state index is 12.3. The first-order chi connectivity index (χ1) is 12.9. The van der Waals surface area contributed by atoms with E-state index >= 15 is 0 Å². The standard InChI is InChI=1S/C19H21NO6S/c1-4-24-19(23)16-14(12-5-6-12)9-27-17(16)20-15(21)8-25-18(22)13-7-10(2)26-11(13)3/h7,9,12H,4-6,8H2,1-3H3,(H,20,21). The van der Waals surface area contributed by atoms with Crippen LogP contribution in [0.15, 0.2) is 15.9 Å². The molecule has 3 rings (SSSR count). The number of thiophene rings is 1. The molecule has 0 bridgehead atoms. The minimum absolute atomic E-state index is 0.257. The Bertz CT molecular complexity index is 877. The lowest BCUT2D eigenvalue weighted by Crippen LogP contribution is -2.22. The van der Waals surface area contributed by atoms with Crippen LogP contribution in [0.2, 0.25) is 0 Å². The number of esters is 2. The van der Waals surface area contributed by atoms with Crippen molar-refractivity contribution in [2.24, 2.45) is 0 Å². The van der Waals surface area contributed by atoms with E-state index in [0.717, 1.165) is 18.4 Å². The van der Waals surface area contributed by atoms with E-state index < -0.39 is 24.5 Å². The average molecular weight is 391 g/mol. The van der Waals surface area contributed by atoms with Gasteiger partial charge < -0.3 is 19.2 Å². The lowest BCUT2D eigenvalue weighted by atomic mass is 10.1. The highest BCUT2D eigenvalue weighted by molar-refractivity contribution is 7.15. The molecule has 7 nitrogen and oxygen atoms in total. The largest absolute Gasteiger partial charge is 0.466 e. The zero-order valence-electron chi connectivity index (χ0n) is 15.4. The molecule has 1 aliphatic carbocycles. The van der Waals surface area contributed by atoms with Crippen molar-refractivity contribution in [3.63, 3.8) is 0 Å². The minimum atomic E-state index is -0.630. The Balaban J connectivity index is 1.65. The SMILES string of the molecule is CCOC(=O)c1c(C2CC2)csc1NC(=O)COC(=O)c1cc(C)oc1C. The van der Waals surface area contributed by atoms with Crippen molar-refractivity contribution >= 4 is 34.2 Å². The zero-order valence-corrected chi connectivity index (χ0v) is 16.2. The zero-order chi connectivity index (χ0) is 19.6. The monoisotopic (exact) mass is 391 g/mol. The number of hydrogen-bond donors (Lipinski definition) is 1. The summed E-state index contributed by atoms with van der Waals surface area (Å²) in [5, 5.41) is 4.96. The number of ether oxygens (including phenoxy) is 2. The highest BCUT2D eigenvalue weighted by atomic mass is 32.1. The molecular formula is C19H21NO6S. The first-order valence-corrected chi connectivity index (χ1v) is 9.61. The Morgan fingerprint density at radius 2 is 1.96 bits per heavy atom. The highest BCUT2D eigenvalue weighted by Gasteiger charge is 2.32. The van der Waals surface area contributed by atoms with E-state index in [9.17, 15) is 14.4 Å². The summed E-state index contributed by atoms with van der Waals surface area (Å²) in [4.78, 5) is 36.6. The molecule has 0 unspecified atom stereocenters. The van der Waals surface area contributed by atoms with Gasteiger partial charge in [-0.15, -0.1) is 11.3 Å². The Kier molecular flexibility index (Phi) is 5.65. The third-order valence-electron chi connectivity index (χ3n) is 4.16. The number of rotatable bonds is 7. The Labute approximate surface area is 160 Å². The molecule has 2 heterocycles. The molecule has 27 heavy (non-hydrogen) atoms. The molecule has 0 saturated heterocycles. The van der Waals surface area contributed by atoms with E-state index in [4.69, 9.17) is 13.9 Å². The van der Waals surface area contributed by atoms with E-state index in [1.165, 1.54) is 11.3 Å². The Morgan fingerprint density at radius 3 is 2.56 bits per heavy atom. The molecule has 0 spiro atoms. The molecule has 0 aliphatic heterocycles. The summed E-state index contributed by atoms with van der Waals surface area (Å²) in [5.41, 5.74) is 1.61. The molecule has 1 saturated carbocycles. The maximum atomic E-state index is 12.3. The molecule has 1 amide bonds. The average Bonchev–Trinajstić information content (AvgIpc) is 3.29. The van der Waals surface area contributed by atoms with Crippen molar-refractivity contribution < 1.29 is 28.3 Å². The quantitative estimate of drug-likeness (QED) is 0.721. The fourth-order valence-corrected chi connectivity index (χ4v) is 3.82. The van der Waals surface area contributed by atoms with Gasteiger partial charge in [-0.05, 0) is 56.5 Å². The van der Waals surface area contributed by atoms with Gasteiger partial charge in [-0.25, -0.2) is 9.59 Å². The summed E-state index contributed by atoms with van der Waals surface area (Å²) >= 11 is 1.28. The van der Waals surface area contributed by atoms with Crippen molar-refractivity contribution in [1.82, 2.24) is 0 Å². The number of amides is 1. The second-order valence-electron chi connectivity index (χ2n) is 6.34. The van der Waals surface area contributed by atoms with Gasteiger partial charge >= 0.3 is 11.9 Å². The van der Waals surface area contributed by atoms with Gasteiger partial charge in [-0.3, -0.25) is 4.79 Å². The van der Waals surface area contributed by atoms with Crippen molar-refractivity contribution in [3.05, 3.63) is 39.7 Å². The maximum Gasteiger partial charge on any atom is 0.342 e. The van der Waals surface area contributed by atoms with Crippen LogP contribution in [0, 0.1) is 13.8 Å². The van der Waals surface area contributed by atoms with Crippen LogP contribution < -0.4 is 5.32 Å².